The highest BCUT2D eigenvalue weighted by Crippen LogP contribution is 2.16. The Bertz CT molecular complexity index is 356. The molecular formula is C13H20ClN3. The number of nitrogens with one attached hydrogen (secondary N) is 1. The van der Waals surface area contributed by atoms with Crippen LogP contribution in [0.3, 0.4) is 0 Å². The first-order valence-corrected chi connectivity index (χ1v) is 6.69. The molecule has 94 valence electrons. The Morgan fingerprint density at radius 2 is 2.47 bits per heavy atom. The molecule has 1 aliphatic rings. The van der Waals surface area contributed by atoms with E-state index in [9.17, 15) is 0 Å². The highest BCUT2D eigenvalue weighted by atomic mass is 35.5. The first kappa shape index (κ1) is 12.8. The molecule has 17 heavy (non-hydrogen) atoms. The van der Waals surface area contributed by atoms with Crippen LogP contribution >= 0.6 is 11.6 Å². The van der Waals surface area contributed by atoms with Crippen molar-refractivity contribution in [1.29, 1.82) is 0 Å². The first-order valence-electron chi connectivity index (χ1n) is 6.31. The van der Waals surface area contributed by atoms with Crippen molar-refractivity contribution < 1.29 is 0 Å². The van der Waals surface area contributed by atoms with Gasteiger partial charge in [0.05, 0.1) is 5.02 Å². The van der Waals surface area contributed by atoms with Gasteiger partial charge in [-0.05, 0) is 43.6 Å². The predicted molar refractivity (Wildman–Crippen MR) is 71.2 cm³/mol. The number of pyridine rings is 1. The topological polar surface area (TPSA) is 28.2 Å². The SMILES string of the molecule is CCN1CCC(CNCc2ccncc2Cl)C1. The van der Waals surface area contributed by atoms with Crippen LogP contribution in [0.15, 0.2) is 18.5 Å². The van der Waals surface area contributed by atoms with Crippen molar-refractivity contribution in [1.82, 2.24) is 15.2 Å². The largest absolute Gasteiger partial charge is 0.312 e. The van der Waals surface area contributed by atoms with Crippen molar-refractivity contribution in [3.05, 3.63) is 29.0 Å². The summed E-state index contributed by atoms with van der Waals surface area (Å²) in [6.45, 7) is 7.80. The standard InChI is InChI=1S/C13H20ClN3/c1-2-17-6-4-11(10-17)7-16-8-12-3-5-15-9-13(12)14/h3,5,9,11,16H,2,4,6-8,10H2,1H3. The van der Waals surface area contributed by atoms with Gasteiger partial charge >= 0.3 is 0 Å². The molecule has 2 heterocycles. The Hall–Kier alpha value is -0.640. The minimum Gasteiger partial charge on any atom is -0.312 e. The van der Waals surface area contributed by atoms with Crippen molar-refractivity contribution in [2.45, 2.75) is 19.9 Å². The third-order valence-corrected chi connectivity index (χ3v) is 3.76. The molecule has 3 nitrogen and oxygen atoms in total. The second kappa shape index (κ2) is 6.34. The Labute approximate surface area is 108 Å². The Morgan fingerprint density at radius 3 is 3.18 bits per heavy atom. The van der Waals surface area contributed by atoms with Crippen LogP contribution in [0.25, 0.3) is 0 Å². The summed E-state index contributed by atoms with van der Waals surface area (Å²) in [6, 6.07) is 1.97. The first-order chi connectivity index (χ1) is 8.29. The van der Waals surface area contributed by atoms with Gasteiger partial charge in [-0.3, -0.25) is 4.98 Å². The monoisotopic (exact) mass is 253 g/mol. The average molecular weight is 254 g/mol. The molecule has 0 aromatic carbocycles. The molecule has 0 saturated carbocycles. The number of hydrogen-bond acceptors (Lipinski definition) is 3. The number of likely N-dealkylation sites (tertiary alicyclic amines) is 1. The van der Waals surface area contributed by atoms with Crippen LogP contribution in [0.2, 0.25) is 5.02 Å². The van der Waals surface area contributed by atoms with E-state index in [0.29, 0.717) is 0 Å². The van der Waals surface area contributed by atoms with Crippen molar-refractivity contribution in [3.8, 4) is 0 Å². The molecule has 0 radical (unpaired) electrons. The molecule has 2 rings (SSSR count). The van der Waals surface area contributed by atoms with Gasteiger partial charge in [0, 0.05) is 25.5 Å². The minimum atomic E-state index is 0.751. The third-order valence-electron chi connectivity index (χ3n) is 3.42. The van der Waals surface area contributed by atoms with E-state index in [0.717, 1.165) is 29.6 Å². The molecule has 1 fully saturated rings. The number of aromatic nitrogens is 1. The van der Waals surface area contributed by atoms with Crippen LogP contribution in [-0.2, 0) is 6.54 Å². The van der Waals surface area contributed by atoms with Crippen molar-refractivity contribution in [2.75, 3.05) is 26.2 Å². The van der Waals surface area contributed by atoms with Gasteiger partial charge in [0.25, 0.3) is 0 Å². The maximum atomic E-state index is 6.05. The Kier molecular flexibility index (Phi) is 4.77. The summed E-state index contributed by atoms with van der Waals surface area (Å²) in [4.78, 5) is 6.49. The van der Waals surface area contributed by atoms with Gasteiger partial charge in [0.15, 0.2) is 0 Å². The molecular weight excluding hydrogens is 234 g/mol. The van der Waals surface area contributed by atoms with E-state index in [4.69, 9.17) is 11.6 Å². The molecule has 1 aliphatic heterocycles. The fourth-order valence-corrected chi connectivity index (χ4v) is 2.51. The van der Waals surface area contributed by atoms with Crippen LogP contribution in [-0.4, -0.2) is 36.1 Å². The lowest BCUT2D eigenvalue weighted by atomic mass is 10.1. The van der Waals surface area contributed by atoms with E-state index in [2.05, 4.69) is 22.1 Å². The average Bonchev–Trinajstić information content (AvgIpc) is 2.80. The van der Waals surface area contributed by atoms with E-state index < -0.39 is 0 Å². The highest BCUT2D eigenvalue weighted by molar-refractivity contribution is 6.31. The van der Waals surface area contributed by atoms with Crippen LogP contribution in [0, 0.1) is 5.92 Å². The lowest BCUT2D eigenvalue weighted by molar-refractivity contribution is 0.339. The molecule has 1 N–H and O–H groups in total. The number of hydrogen-bond donors (Lipinski definition) is 1. The fraction of sp³-hybridized carbons (Fsp3) is 0.615. The van der Waals surface area contributed by atoms with Crippen molar-refractivity contribution >= 4 is 11.6 Å². The van der Waals surface area contributed by atoms with Crippen molar-refractivity contribution in [2.24, 2.45) is 5.92 Å². The maximum absolute atomic E-state index is 6.05. The van der Waals surface area contributed by atoms with Gasteiger partial charge in [-0.2, -0.15) is 0 Å². The summed E-state index contributed by atoms with van der Waals surface area (Å²) >= 11 is 6.05. The van der Waals surface area contributed by atoms with Crippen LogP contribution < -0.4 is 5.32 Å². The minimum absolute atomic E-state index is 0.751. The van der Waals surface area contributed by atoms with Gasteiger partial charge in [-0.25, -0.2) is 0 Å². The lowest BCUT2D eigenvalue weighted by Crippen LogP contribution is -2.26. The maximum Gasteiger partial charge on any atom is 0.0634 e. The molecule has 1 unspecified atom stereocenters. The molecule has 0 bridgehead atoms. The summed E-state index contributed by atoms with van der Waals surface area (Å²) in [6.07, 6.45) is 4.80. The zero-order chi connectivity index (χ0) is 12.1. The van der Waals surface area contributed by atoms with Crippen LogP contribution in [0.1, 0.15) is 18.9 Å². The Balaban J connectivity index is 1.72. The number of nitrogens with zero attached hydrogens (tertiary/aromatic N) is 2. The predicted octanol–water partition coefficient (Wildman–Crippen LogP) is 2.17. The van der Waals surface area contributed by atoms with Gasteiger partial charge in [-0.1, -0.05) is 18.5 Å². The molecule has 4 heteroatoms. The third kappa shape index (κ3) is 3.66. The van der Waals surface area contributed by atoms with E-state index in [1.165, 1.54) is 26.1 Å². The molecule has 1 saturated heterocycles. The molecule has 1 aromatic rings. The highest BCUT2D eigenvalue weighted by Gasteiger charge is 2.20. The van der Waals surface area contributed by atoms with E-state index in [-0.39, 0.29) is 0 Å². The normalized spacial score (nSPS) is 20.9. The molecule has 0 spiro atoms. The summed E-state index contributed by atoms with van der Waals surface area (Å²) in [5.74, 6) is 0.788. The zero-order valence-corrected chi connectivity index (χ0v) is 11.1. The number of halogens is 1. The second-order valence-electron chi connectivity index (χ2n) is 4.65. The van der Waals surface area contributed by atoms with E-state index in [1.807, 2.05) is 6.07 Å². The molecule has 1 atom stereocenters. The lowest BCUT2D eigenvalue weighted by Gasteiger charge is -2.14. The summed E-state index contributed by atoms with van der Waals surface area (Å²) < 4.78 is 0. The van der Waals surface area contributed by atoms with E-state index >= 15 is 0 Å². The molecule has 0 amide bonds. The summed E-state index contributed by atoms with van der Waals surface area (Å²) in [5, 5.41) is 4.24. The van der Waals surface area contributed by atoms with Gasteiger partial charge in [-0.15, -0.1) is 0 Å². The van der Waals surface area contributed by atoms with E-state index in [1.54, 1.807) is 12.4 Å². The fourth-order valence-electron chi connectivity index (χ4n) is 2.33. The zero-order valence-electron chi connectivity index (χ0n) is 10.3. The van der Waals surface area contributed by atoms with Crippen LogP contribution in [0.5, 0.6) is 0 Å². The quantitative estimate of drug-likeness (QED) is 0.872. The van der Waals surface area contributed by atoms with Gasteiger partial charge in [0.1, 0.15) is 0 Å². The number of rotatable bonds is 5. The van der Waals surface area contributed by atoms with Gasteiger partial charge < -0.3 is 10.2 Å². The molecule has 1 aromatic heterocycles. The van der Waals surface area contributed by atoms with Gasteiger partial charge in [0.2, 0.25) is 0 Å². The Morgan fingerprint density at radius 1 is 1.59 bits per heavy atom. The smallest absolute Gasteiger partial charge is 0.0634 e. The summed E-state index contributed by atoms with van der Waals surface area (Å²) in [7, 11) is 0. The van der Waals surface area contributed by atoms with Crippen molar-refractivity contribution in [3.63, 3.8) is 0 Å². The molecule has 0 aliphatic carbocycles. The van der Waals surface area contributed by atoms with Crippen LogP contribution in [0.4, 0.5) is 0 Å². The second-order valence-corrected chi connectivity index (χ2v) is 5.05. The summed E-state index contributed by atoms with van der Waals surface area (Å²) in [5.41, 5.74) is 1.13.